The Morgan fingerprint density at radius 2 is 2.00 bits per heavy atom. The first-order valence-electron chi connectivity index (χ1n) is 9.63. The van der Waals surface area contributed by atoms with Crippen LogP contribution < -0.4 is 27.7 Å². The first-order valence-corrected chi connectivity index (χ1v) is 9.63. The van der Waals surface area contributed by atoms with Crippen LogP contribution in [0.1, 0.15) is 44.7 Å². The van der Waals surface area contributed by atoms with Crippen molar-refractivity contribution in [1.29, 1.82) is 0 Å². The molecule has 0 spiro atoms. The zero-order valence-electron chi connectivity index (χ0n) is 15.7. The van der Waals surface area contributed by atoms with Crippen molar-refractivity contribution >= 4 is 16.6 Å². The van der Waals surface area contributed by atoms with Gasteiger partial charge in [0.2, 0.25) is 0 Å². The fourth-order valence-corrected chi connectivity index (χ4v) is 4.32. The number of hydrogen-bond donors (Lipinski definition) is 2. The summed E-state index contributed by atoms with van der Waals surface area (Å²) in [6.07, 6.45) is 3.14. The molecule has 0 unspecified atom stereocenters. The summed E-state index contributed by atoms with van der Waals surface area (Å²) in [5.74, 6) is 5.55. The van der Waals surface area contributed by atoms with Gasteiger partial charge in [-0.05, 0) is 44.6 Å². The van der Waals surface area contributed by atoms with Crippen molar-refractivity contribution in [3.63, 3.8) is 0 Å². The predicted octanol–water partition coefficient (Wildman–Crippen LogP) is 1.09. The molecule has 146 valence electrons. The quantitative estimate of drug-likeness (QED) is 0.780. The number of hydrogen-bond acceptors (Lipinski definition) is 5. The number of nitrogen functional groups attached to an aromatic ring is 1. The van der Waals surface area contributed by atoms with Crippen LogP contribution in [-0.2, 0) is 6.42 Å². The highest BCUT2D eigenvalue weighted by Gasteiger charge is 2.33. The van der Waals surface area contributed by atoms with Gasteiger partial charge in [0, 0.05) is 30.7 Å². The number of aryl methyl sites for hydroxylation is 1. The van der Waals surface area contributed by atoms with Gasteiger partial charge in [-0.25, -0.2) is 9.18 Å². The van der Waals surface area contributed by atoms with Crippen molar-refractivity contribution in [2.45, 2.75) is 51.6 Å². The molecule has 0 bridgehead atoms. The van der Waals surface area contributed by atoms with Gasteiger partial charge in [-0.1, -0.05) is 6.92 Å². The first-order chi connectivity index (χ1) is 12.8. The van der Waals surface area contributed by atoms with Crippen molar-refractivity contribution in [3.8, 4) is 0 Å². The third-order valence-corrected chi connectivity index (χ3v) is 5.98. The fourth-order valence-electron chi connectivity index (χ4n) is 4.32. The summed E-state index contributed by atoms with van der Waals surface area (Å²) in [4.78, 5) is 27.3. The second kappa shape index (κ2) is 6.37. The molecule has 1 aromatic heterocycles. The van der Waals surface area contributed by atoms with Crippen LogP contribution in [0.5, 0.6) is 0 Å². The molecular formula is C19H26FN5O2. The molecule has 4 rings (SSSR count). The van der Waals surface area contributed by atoms with Crippen LogP contribution in [-0.4, -0.2) is 28.4 Å². The molecule has 1 saturated carbocycles. The normalized spacial score (nSPS) is 21.2. The highest BCUT2D eigenvalue weighted by molar-refractivity contribution is 5.87. The van der Waals surface area contributed by atoms with Crippen LogP contribution >= 0.6 is 0 Å². The number of halogens is 1. The summed E-state index contributed by atoms with van der Waals surface area (Å²) in [6, 6.07) is 1.31. The molecule has 2 heterocycles. The van der Waals surface area contributed by atoms with Crippen molar-refractivity contribution in [2.24, 2.45) is 11.7 Å². The van der Waals surface area contributed by atoms with Gasteiger partial charge >= 0.3 is 5.69 Å². The largest absolute Gasteiger partial charge is 0.369 e. The van der Waals surface area contributed by atoms with E-state index >= 15 is 4.39 Å². The molecule has 27 heavy (non-hydrogen) atoms. The van der Waals surface area contributed by atoms with E-state index in [-0.39, 0.29) is 17.5 Å². The maximum atomic E-state index is 15.2. The van der Waals surface area contributed by atoms with E-state index in [0.717, 1.165) is 19.3 Å². The lowest BCUT2D eigenvalue weighted by Gasteiger charge is -2.25. The second-order valence-corrected chi connectivity index (χ2v) is 7.85. The van der Waals surface area contributed by atoms with E-state index in [1.165, 1.54) is 6.07 Å². The van der Waals surface area contributed by atoms with Gasteiger partial charge < -0.3 is 16.5 Å². The molecule has 2 aromatic rings. The van der Waals surface area contributed by atoms with Gasteiger partial charge in [0.25, 0.3) is 5.56 Å². The van der Waals surface area contributed by atoms with E-state index in [0.29, 0.717) is 46.9 Å². The number of aromatic nitrogens is 2. The van der Waals surface area contributed by atoms with E-state index < -0.39 is 17.1 Å². The monoisotopic (exact) mass is 375 g/mol. The Balaban J connectivity index is 2.01. The second-order valence-electron chi connectivity index (χ2n) is 7.85. The molecule has 2 aliphatic rings. The number of fused-ring (bicyclic) bond motifs is 1. The molecule has 1 aliphatic heterocycles. The molecule has 2 fully saturated rings. The molecule has 7 nitrogen and oxygen atoms in total. The third kappa shape index (κ3) is 2.74. The van der Waals surface area contributed by atoms with Gasteiger partial charge in [0.15, 0.2) is 0 Å². The van der Waals surface area contributed by atoms with Crippen LogP contribution in [0.3, 0.4) is 0 Å². The SMILES string of the molecule is CCc1c(N2CC[C@H]([C@H](C)N)C2)c(F)cc2c(=O)n(N)c(=O)n(C3CC3)c12. The molecule has 1 saturated heterocycles. The summed E-state index contributed by atoms with van der Waals surface area (Å²) in [5.41, 5.74) is 6.60. The van der Waals surface area contributed by atoms with Gasteiger partial charge in [0.1, 0.15) is 5.82 Å². The van der Waals surface area contributed by atoms with Gasteiger partial charge in [-0.3, -0.25) is 9.36 Å². The molecule has 4 N–H and O–H groups in total. The fraction of sp³-hybridized carbons (Fsp3) is 0.579. The van der Waals surface area contributed by atoms with Crippen molar-refractivity contribution in [1.82, 2.24) is 9.24 Å². The topological polar surface area (TPSA) is 99.3 Å². The van der Waals surface area contributed by atoms with Gasteiger partial charge in [-0.2, -0.15) is 4.68 Å². The van der Waals surface area contributed by atoms with E-state index in [1.807, 2.05) is 18.7 Å². The Bertz CT molecular complexity index is 1020. The average molecular weight is 375 g/mol. The zero-order valence-corrected chi connectivity index (χ0v) is 15.7. The highest BCUT2D eigenvalue weighted by Crippen LogP contribution is 2.39. The van der Waals surface area contributed by atoms with Crippen molar-refractivity contribution in [3.05, 3.63) is 38.3 Å². The minimum Gasteiger partial charge on any atom is -0.369 e. The summed E-state index contributed by atoms with van der Waals surface area (Å²) in [6.45, 7) is 5.28. The standard InChI is InChI=1S/C19H26FN5O2/c1-3-13-16-14(18(26)25(22)19(27)24(16)12-4-5-12)8-15(20)17(13)23-7-6-11(9-23)10(2)21/h8,10-12H,3-7,9,21-22H2,1-2H3/t10-,11-/m0/s1. The highest BCUT2D eigenvalue weighted by atomic mass is 19.1. The van der Waals surface area contributed by atoms with E-state index in [4.69, 9.17) is 11.6 Å². The maximum Gasteiger partial charge on any atom is 0.350 e. The van der Waals surface area contributed by atoms with Crippen LogP contribution in [0.2, 0.25) is 0 Å². The smallest absolute Gasteiger partial charge is 0.350 e. The lowest BCUT2D eigenvalue weighted by Crippen LogP contribution is -2.45. The molecular weight excluding hydrogens is 349 g/mol. The van der Waals surface area contributed by atoms with Gasteiger partial charge in [-0.15, -0.1) is 0 Å². The Hall–Kier alpha value is -2.35. The lowest BCUT2D eigenvalue weighted by molar-refractivity contribution is 0.487. The number of benzene rings is 1. The van der Waals surface area contributed by atoms with Crippen LogP contribution in [0.4, 0.5) is 10.1 Å². The summed E-state index contributed by atoms with van der Waals surface area (Å²) < 4.78 is 17.4. The Kier molecular flexibility index (Phi) is 4.25. The Labute approximate surface area is 156 Å². The van der Waals surface area contributed by atoms with E-state index in [2.05, 4.69) is 0 Å². The lowest BCUT2D eigenvalue weighted by atomic mass is 10.0. The molecule has 0 amide bonds. The molecule has 1 aromatic carbocycles. The first kappa shape index (κ1) is 18.0. The van der Waals surface area contributed by atoms with Gasteiger partial charge in [0.05, 0.1) is 16.6 Å². The van der Waals surface area contributed by atoms with Crippen molar-refractivity contribution < 1.29 is 4.39 Å². The minimum absolute atomic E-state index is 0.0226. The van der Waals surface area contributed by atoms with E-state index in [1.54, 1.807) is 4.57 Å². The predicted molar refractivity (Wildman–Crippen MR) is 104 cm³/mol. The average Bonchev–Trinajstić information content (AvgIpc) is 3.35. The van der Waals surface area contributed by atoms with E-state index in [9.17, 15) is 9.59 Å². The van der Waals surface area contributed by atoms with Crippen molar-refractivity contribution in [2.75, 3.05) is 23.8 Å². The number of rotatable bonds is 4. The molecule has 8 heteroatoms. The number of nitrogens with two attached hydrogens (primary N) is 2. The Morgan fingerprint density at radius 1 is 1.30 bits per heavy atom. The molecule has 1 aliphatic carbocycles. The number of nitrogens with zero attached hydrogens (tertiary/aromatic N) is 3. The zero-order chi connectivity index (χ0) is 19.5. The molecule has 2 atom stereocenters. The summed E-state index contributed by atoms with van der Waals surface area (Å²) >= 11 is 0. The van der Waals surface area contributed by atoms with Crippen LogP contribution in [0, 0.1) is 11.7 Å². The summed E-state index contributed by atoms with van der Waals surface area (Å²) in [5, 5.41) is 0.171. The van der Waals surface area contributed by atoms with Crippen LogP contribution in [0.25, 0.3) is 10.9 Å². The Morgan fingerprint density at radius 3 is 2.56 bits per heavy atom. The number of anilines is 1. The van der Waals surface area contributed by atoms with Crippen LogP contribution in [0.15, 0.2) is 15.7 Å². The summed E-state index contributed by atoms with van der Waals surface area (Å²) in [7, 11) is 0. The molecule has 0 radical (unpaired) electrons. The minimum atomic E-state index is -0.651. The third-order valence-electron chi connectivity index (χ3n) is 5.98. The maximum absolute atomic E-state index is 15.2.